The maximum atomic E-state index is 12.6. The number of benzene rings is 2. The van der Waals surface area contributed by atoms with Gasteiger partial charge < -0.3 is 9.47 Å². The van der Waals surface area contributed by atoms with Gasteiger partial charge in [0, 0.05) is 29.8 Å². The minimum absolute atomic E-state index is 0.00791. The lowest BCUT2D eigenvalue weighted by Gasteiger charge is -2.08. The van der Waals surface area contributed by atoms with E-state index >= 15 is 0 Å². The highest BCUT2D eigenvalue weighted by Gasteiger charge is 2.11. The van der Waals surface area contributed by atoms with Crippen LogP contribution in [0.15, 0.2) is 66.9 Å². The third-order valence-electron chi connectivity index (χ3n) is 3.93. The first-order chi connectivity index (χ1) is 12.2. The number of methoxy groups -OCH3 is 2. The molecule has 0 aliphatic rings. The van der Waals surface area contributed by atoms with E-state index in [1.807, 2.05) is 42.5 Å². The van der Waals surface area contributed by atoms with E-state index in [2.05, 4.69) is 4.98 Å². The van der Waals surface area contributed by atoms with Crippen molar-refractivity contribution >= 4 is 5.78 Å². The Morgan fingerprint density at radius 1 is 0.920 bits per heavy atom. The summed E-state index contributed by atoms with van der Waals surface area (Å²) < 4.78 is 10.4. The Kier molecular flexibility index (Phi) is 5.09. The highest BCUT2D eigenvalue weighted by molar-refractivity contribution is 5.98. The second-order valence-corrected chi connectivity index (χ2v) is 5.62. The van der Waals surface area contributed by atoms with E-state index in [4.69, 9.17) is 9.47 Å². The third kappa shape index (κ3) is 4.04. The van der Waals surface area contributed by atoms with E-state index in [1.165, 1.54) is 0 Å². The molecule has 126 valence electrons. The molecule has 0 atom stereocenters. The van der Waals surface area contributed by atoms with Crippen molar-refractivity contribution in [3.8, 4) is 22.8 Å². The number of hydrogen-bond acceptors (Lipinski definition) is 4. The van der Waals surface area contributed by atoms with E-state index < -0.39 is 0 Å². The van der Waals surface area contributed by atoms with Crippen molar-refractivity contribution in [1.29, 1.82) is 0 Å². The van der Waals surface area contributed by atoms with E-state index in [1.54, 1.807) is 38.6 Å². The van der Waals surface area contributed by atoms with E-state index in [0.29, 0.717) is 17.1 Å². The Morgan fingerprint density at radius 3 is 2.16 bits per heavy atom. The molecule has 0 N–H and O–H groups in total. The second kappa shape index (κ2) is 7.62. The minimum atomic E-state index is -0.00791. The lowest BCUT2D eigenvalue weighted by Crippen LogP contribution is -2.05. The van der Waals surface area contributed by atoms with Gasteiger partial charge >= 0.3 is 0 Å². The first-order valence-corrected chi connectivity index (χ1v) is 7.96. The lowest BCUT2D eigenvalue weighted by molar-refractivity contribution is 0.0992. The van der Waals surface area contributed by atoms with Gasteiger partial charge in [-0.2, -0.15) is 0 Å². The molecule has 4 nitrogen and oxygen atoms in total. The molecule has 3 aromatic rings. The van der Waals surface area contributed by atoms with Crippen molar-refractivity contribution in [2.24, 2.45) is 0 Å². The number of rotatable bonds is 6. The van der Waals surface area contributed by atoms with Crippen molar-refractivity contribution in [3.63, 3.8) is 0 Å². The first kappa shape index (κ1) is 16.7. The van der Waals surface area contributed by atoms with Crippen LogP contribution >= 0.6 is 0 Å². The zero-order valence-electron chi connectivity index (χ0n) is 14.2. The van der Waals surface area contributed by atoms with E-state index in [-0.39, 0.29) is 12.2 Å². The Labute approximate surface area is 147 Å². The predicted octanol–water partition coefficient (Wildman–Crippen LogP) is 4.19. The molecule has 0 radical (unpaired) electrons. The van der Waals surface area contributed by atoms with E-state index in [0.717, 1.165) is 16.8 Å². The molecule has 0 fully saturated rings. The standard InChI is InChI=1S/C21H19NO3/c1-24-18-11-17(12-19(13-18)25-2)21(23)10-15-8-9-20(22-14-15)16-6-4-3-5-7-16/h3-9,11-14H,10H2,1-2H3. The summed E-state index contributed by atoms with van der Waals surface area (Å²) in [5, 5.41) is 0. The highest BCUT2D eigenvalue weighted by atomic mass is 16.5. The normalized spacial score (nSPS) is 10.3. The largest absolute Gasteiger partial charge is 0.497 e. The number of carbonyl (C=O) groups excluding carboxylic acids is 1. The van der Waals surface area contributed by atoms with Crippen LogP contribution in [0.1, 0.15) is 15.9 Å². The number of pyridine rings is 1. The molecule has 0 unspecified atom stereocenters. The lowest BCUT2D eigenvalue weighted by atomic mass is 10.0. The second-order valence-electron chi connectivity index (χ2n) is 5.62. The summed E-state index contributed by atoms with van der Waals surface area (Å²) in [4.78, 5) is 17.0. The Balaban J connectivity index is 1.77. The average molecular weight is 333 g/mol. The van der Waals surface area contributed by atoms with Crippen molar-refractivity contribution < 1.29 is 14.3 Å². The molecule has 1 aromatic heterocycles. The van der Waals surface area contributed by atoms with Crippen LogP contribution in [-0.4, -0.2) is 25.0 Å². The summed E-state index contributed by atoms with van der Waals surface area (Å²) in [5.74, 6) is 1.19. The zero-order valence-corrected chi connectivity index (χ0v) is 14.2. The van der Waals surface area contributed by atoms with Crippen LogP contribution in [0.4, 0.5) is 0 Å². The van der Waals surface area contributed by atoms with Crippen LogP contribution in [0.3, 0.4) is 0 Å². The molecule has 25 heavy (non-hydrogen) atoms. The van der Waals surface area contributed by atoms with Crippen LogP contribution < -0.4 is 9.47 Å². The van der Waals surface area contributed by atoms with Crippen molar-refractivity contribution in [3.05, 3.63) is 78.0 Å². The molecule has 0 spiro atoms. The Bertz CT molecular complexity index is 836. The summed E-state index contributed by atoms with van der Waals surface area (Å²) >= 11 is 0. The Hall–Kier alpha value is -3.14. The van der Waals surface area contributed by atoms with Crippen LogP contribution in [-0.2, 0) is 6.42 Å². The van der Waals surface area contributed by atoms with Crippen LogP contribution in [0.25, 0.3) is 11.3 Å². The SMILES string of the molecule is COc1cc(OC)cc(C(=O)Cc2ccc(-c3ccccc3)nc2)c1. The molecule has 1 heterocycles. The minimum Gasteiger partial charge on any atom is -0.497 e. The molecule has 4 heteroatoms. The predicted molar refractivity (Wildman–Crippen MR) is 97.3 cm³/mol. The maximum absolute atomic E-state index is 12.6. The van der Waals surface area contributed by atoms with Gasteiger partial charge in [-0.05, 0) is 23.8 Å². The van der Waals surface area contributed by atoms with Gasteiger partial charge in [-0.15, -0.1) is 0 Å². The number of hydrogen-bond donors (Lipinski definition) is 0. The molecule has 0 aliphatic carbocycles. The summed E-state index contributed by atoms with van der Waals surface area (Å²) in [6.07, 6.45) is 2.02. The fourth-order valence-corrected chi connectivity index (χ4v) is 2.56. The van der Waals surface area contributed by atoms with E-state index in [9.17, 15) is 4.79 Å². The summed E-state index contributed by atoms with van der Waals surface area (Å²) in [5.41, 5.74) is 3.37. The first-order valence-electron chi connectivity index (χ1n) is 7.96. The van der Waals surface area contributed by atoms with Gasteiger partial charge in [-0.1, -0.05) is 36.4 Å². The molecule has 2 aromatic carbocycles. The van der Waals surface area contributed by atoms with Gasteiger partial charge in [0.1, 0.15) is 11.5 Å². The maximum Gasteiger partial charge on any atom is 0.167 e. The number of ketones is 1. The number of carbonyl (C=O) groups is 1. The average Bonchev–Trinajstić information content (AvgIpc) is 2.68. The molecule has 0 aliphatic heterocycles. The van der Waals surface area contributed by atoms with Gasteiger partial charge in [0.25, 0.3) is 0 Å². The third-order valence-corrected chi connectivity index (χ3v) is 3.93. The topological polar surface area (TPSA) is 48.4 Å². The summed E-state index contributed by atoms with van der Waals surface area (Å²) in [6.45, 7) is 0. The summed E-state index contributed by atoms with van der Waals surface area (Å²) in [6, 6.07) is 19.0. The molecular weight excluding hydrogens is 314 g/mol. The van der Waals surface area contributed by atoms with Gasteiger partial charge in [0.15, 0.2) is 5.78 Å². The van der Waals surface area contributed by atoms with Crippen molar-refractivity contribution in [2.45, 2.75) is 6.42 Å². The van der Waals surface area contributed by atoms with Crippen molar-refractivity contribution in [1.82, 2.24) is 4.98 Å². The summed E-state index contributed by atoms with van der Waals surface area (Å²) in [7, 11) is 3.13. The molecule has 0 saturated carbocycles. The van der Waals surface area contributed by atoms with Gasteiger partial charge in [-0.3, -0.25) is 9.78 Å². The molecular formula is C21H19NO3. The van der Waals surface area contributed by atoms with Gasteiger partial charge in [0.2, 0.25) is 0 Å². The molecule has 3 rings (SSSR count). The monoisotopic (exact) mass is 333 g/mol. The fraction of sp³-hybridized carbons (Fsp3) is 0.143. The van der Waals surface area contributed by atoms with Crippen LogP contribution in [0.5, 0.6) is 11.5 Å². The van der Waals surface area contributed by atoms with Crippen LogP contribution in [0, 0.1) is 0 Å². The van der Waals surface area contributed by atoms with Crippen molar-refractivity contribution in [2.75, 3.05) is 14.2 Å². The van der Waals surface area contributed by atoms with Crippen LogP contribution in [0.2, 0.25) is 0 Å². The molecule has 0 amide bonds. The number of aromatic nitrogens is 1. The quantitative estimate of drug-likeness (QED) is 0.635. The number of nitrogens with zero attached hydrogens (tertiary/aromatic N) is 1. The van der Waals surface area contributed by atoms with Gasteiger partial charge in [-0.25, -0.2) is 0 Å². The molecule has 0 saturated heterocycles. The molecule has 0 bridgehead atoms. The van der Waals surface area contributed by atoms with Gasteiger partial charge in [0.05, 0.1) is 19.9 Å². The highest BCUT2D eigenvalue weighted by Crippen LogP contribution is 2.24. The fourth-order valence-electron chi connectivity index (χ4n) is 2.56. The number of Topliss-reactive ketones (excluding diaryl/α,β-unsaturated/α-hetero) is 1. The smallest absolute Gasteiger partial charge is 0.167 e. The zero-order chi connectivity index (χ0) is 17.6. The Morgan fingerprint density at radius 2 is 1.60 bits per heavy atom. The number of ether oxygens (including phenoxy) is 2.